The van der Waals surface area contributed by atoms with Crippen LogP contribution in [-0.4, -0.2) is 25.4 Å². The van der Waals surface area contributed by atoms with Crippen LogP contribution in [0, 0.1) is 11.6 Å². The minimum atomic E-state index is -1.01. The maximum atomic E-state index is 13.2. The Morgan fingerprint density at radius 2 is 1.95 bits per heavy atom. The number of thioether (sulfide) groups is 1. The summed E-state index contributed by atoms with van der Waals surface area (Å²) < 4.78 is 28.9. The van der Waals surface area contributed by atoms with Crippen LogP contribution in [0.25, 0.3) is 11.3 Å². The first kappa shape index (κ1) is 12.8. The first-order valence-electron chi connectivity index (χ1n) is 5.57. The zero-order chi connectivity index (χ0) is 14.3. The van der Waals surface area contributed by atoms with E-state index in [1.165, 1.54) is 28.6 Å². The van der Waals surface area contributed by atoms with Crippen LogP contribution >= 0.6 is 11.8 Å². The third kappa shape index (κ3) is 1.88. The summed E-state index contributed by atoms with van der Waals surface area (Å²) in [7, 11) is 0. The molecule has 102 valence electrons. The number of hydrogen-bond acceptors (Lipinski definition) is 4. The second-order valence-electron chi connectivity index (χ2n) is 3.95. The Morgan fingerprint density at radius 3 is 2.65 bits per heavy atom. The predicted molar refractivity (Wildman–Crippen MR) is 70.3 cm³/mol. The van der Waals surface area contributed by atoms with Gasteiger partial charge in [-0.3, -0.25) is 13.8 Å². The van der Waals surface area contributed by atoms with E-state index < -0.39 is 17.2 Å². The molecule has 3 aromatic rings. The van der Waals surface area contributed by atoms with Gasteiger partial charge in [0, 0.05) is 18.5 Å². The summed E-state index contributed by atoms with van der Waals surface area (Å²) in [5.41, 5.74) is -0.0991. The van der Waals surface area contributed by atoms with Crippen LogP contribution in [0.15, 0.2) is 40.5 Å². The Balaban J connectivity index is 2.24. The highest BCUT2D eigenvalue weighted by Crippen LogP contribution is 2.14. The van der Waals surface area contributed by atoms with Crippen LogP contribution in [0.1, 0.15) is 0 Å². The van der Waals surface area contributed by atoms with Crippen molar-refractivity contribution in [2.75, 3.05) is 6.26 Å². The molecule has 0 saturated heterocycles. The average molecular weight is 294 g/mol. The first-order valence-corrected chi connectivity index (χ1v) is 6.80. The largest absolute Gasteiger partial charge is 0.300 e. The fourth-order valence-corrected chi connectivity index (χ4v) is 2.31. The van der Waals surface area contributed by atoms with Gasteiger partial charge in [0.25, 0.3) is 0 Å². The molecule has 0 radical (unpaired) electrons. The Kier molecular flexibility index (Phi) is 3.01. The first-order chi connectivity index (χ1) is 9.61. The van der Waals surface area contributed by atoms with Gasteiger partial charge in [-0.2, -0.15) is 0 Å². The molecular weight excluding hydrogens is 286 g/mol. The van der Waals surface area contributed by atoms with Crippen LogP contribution in [0.5, 0.6) is 0 Å². The molecule has 8 heteroatoms. The molecule has 2 aromatic heterocycles. The monoisotopic (exact) mass is 294 g/mol. The third-order valence-corrected chi connectivity index (χ3v) is 3.45. The molecule has 20 heavy (non-hydrogen) atoms. The van der Waals surface area contributed by atoms with E-state index in [2.05, 4.69) is 10.2 Å². The smallest absolute Gasteiger partial charge is 0.279 e. The number of fused-ring (bicyclic) bond motifs is 1. The van der Waals surface area contributed by atoms with Crippen molar-refractivity contribution in [3.05, 3.63) is 52.6 Å². The van der Waals surface area contributed by atoms with Crippen LogP contribution in [0.3, 0.4) is 0 Å². The van der Waals surface area contributed by atoms with Crippen molar-refractivity contribution in [1.82, 2.24) is 19.2 Å². The molecule has 0 aliphatic carbocycles. The predicted octanol–water partition coefficient (Wildman–Crippen LogP) is 1.88. The van der Waals surface area contributed by atoms with E-state index in [4.69, 9.17) is 0 Å². The molecule has 0 amide bonds. The van der Waals surface area contributed by atoms with Crippen molar-refractivity contribution < 1.29 is 8.78 Å². The summed E-state index contributed by atoms with van der Waals surface area (Å²) >= 11 is 1.35. The number of hydrogen-bond donors (Lipinski definition) is 0. The summed E-state index contributed by atoms with van der Waals surface area (Å²) in [5.74, 6) is -1.98. The molecular formula is C12H8F2N4OS. The zero-order valence-electron chi connectivity index (χ0n) is 10.2. The van der Waals surface area contributed by atoms with Gasteiger partial charge in [-0.15, -0.1) is 10.2 Å². The summed E-state index contributed by atoms with van der Waals surface area (Å²) in [6.07, 6.45) is 4.88. The lowest BCUT2D eigenvalue weighted by molar-refractivity contribution is 0.508. The minimum absolute atomic E-state index is 0.126. The van der Waals surface area contributed by atoms with Gasteiger partial charge < -0.3 is 0 Å². The average Bonchev–Trinajstić information content (AvgIpc) is 2.86. The summed E-state index contributed by atoms with van der Waals surface area (Å²) in [5, 5.41) is 8.25. The summed E-state index contributed by atoms with van der Waals surface area (Å²) in [6, 6.07) is 3.25. The van der Waals surface area contributed by atoms with Gasteiger partial charge in [-0.05, 0) is 18.4 Å². The summed E-state index contributed by atoms with van der Waals surface area (Å²) in [6.45, 7) is 0. The SMILES string of the molecule is CSc1nnc2c(=O)n(-c3ccc(F)c(F)c3)ccn12. The van der Waals surface area contributed by atoms with Gasteiger partial charge in [-0.1, -0.05) is 11.8 Å². The standard InChI is InChI=1S/C12H8F2N4OS/c1-20-12-16-15-10-11(19)17(4-5-18(10)12)7-2-3-8(13)9(14)6-7/h2-6H,1H3. The molecule has 0 fully saturated rings. The Bertz CT molecular complexity index is 858. The third-order valence-electron chi connectivity index (χ3n) is 2.80. The highest BCUT2D eigenvalue weighted by molar-refractivity contribution is 7.98. The Morgan fingerprint density at radius 1 is 1.15 bits per heavy atom. The number of aromatic nitrogens is 4. The van der Waals surface area contributed by atoms with Gasteiger partial charge in [0.15, 0.2) is 16.8 Å². The molecule has 3 rings (SSSR count). The quantitative estimate of drug-likeness (QED) is 0.677. The van der Waals surface area contributed by atoms with Crippen LogP contribution in [-0.2, 0) is 0 Å². The van der Waals surface area contributed by atoms with Crippen molar-refractivity contribution in [2.24, 2.45) is 0 Å². The molecule has 5 nitrogen and oxygen atoms in total. The maximum absolute atomic E-state index is 13.2. The minimum Gasteiger partial charge on any atom is -0.279 e. The van der Waals surface area contributed by atoms with E-state index >= 15 is 0 Å². The van der Waals surface area contributed by atoms with E-state index in [1.807, 2.05) is 6.26 Å². The second-order valence-corrected chi connectivity index (χ2v) is 4.73. The number of rotatable bonds is 2. The Labute approximate surface area is 115 Å². The molecule has 0 aliphatic heterocycles. The molecule has 0 unspecified atom stereocenters. The zero-order valence-corrected chi connectivity index (χ0v) is 11.1. The number of halogens is 2. The molecule has 1 aromatic carbocycles. The molecule has 0 N–H and O–H groups in total. The number of nitrogens with zero attached hydrogens (tertiary/aromatic N) is 4. The molecule has 0 aliphatic rings. The van der Waals surface area contributed by atoms with Crippen LogP contribution < -0.4 is 5.56 Å². The maximum Gasteiger partial charge on any atom is 0.300 e. The normalized spacial score (nSPS) is 11.2. The summed E-state index contributed by atoms with van der Waals surface area (Å²) in [4.78, 5) is 12.3. The van der Waals surface area contributed by atoms with Crippen LogP contribution in [0.4, 0.5) is 8.78 Å². The molecule has 0 bridgehead atoms. The fourth-order valence-electron chi connectivity index (χ4n) is 1.84. The van der Waals surface area contributed by atoms with Crippen molar-refractivity contribution in [2.45, 2.75) is 5.16 Å². The van der Waals surface area contributed by atoms with Crippen molar-refractivity contribution in [1.29, 1.82) is 0 Å². The fraction of sp³-hybridized carbons (Fsp3) is 0.0833. The van der Waals surface area contributed by atoms with Crippen molar-refractivity contribution in [3.8, 4) is 5.69 Å². The molecule has 0 atom stereocenters. The lowest BCUT2D eigenvalue weighted by atomic mass is 10.3. The van der Waals surface area contributed by atoms with Gasteiger partial charge in [0.2, 0.25) is 5.65 Å². The van der Waals surface area contributed by atoms with Gasteiger partial charge in [0.05, 0.1) is 5.69 Å². The second kappa shape index (κ2) is 4.71. The topological polar surface area (TPSA) is 52.2 Å². The Hall–Kier alpha value is -2.22. The van der Waals surface area contributed by atoms with E-state index in [1.54, 1.807) is 10.6 Å². The molecule has 0 saturated carbocycles. The van der Waals surface area contributed by atoms with Gasteiger partial charge >= 0.3 is 5.56 Å². The van der Waals surface area contributed by atoms with Crippen molar-refractivity contribution in [3.63, 3.8) is 0 Å². The molecule has 0 spiro atoms. The van der Waals surface area contributed by atoms with E-state index in [0.717, 1.165) is 12.1 Å². The number of benzene rings is 1. The van der Waals surface area contributed by atoms with E-state index in [9.17, 15) is 13.6 Å². The van der Waals surface area contributed by atoms with Crippen molar-refractivity contribution >= 4 is 17.4 Å². The van der Waals surface area contributed by atoms with Gasteiger partial charge in [-0.25, -0.2) is 8.78 Å². The highest BCUT2D eigenvalue weighted by atomic mass is 32.2. The lowest BCUT2D eigenvalue weighted by Crippen LogP contribution is -2.20. The highest BCUT2D eigenvalue weighted by Gasteiger charge is 2.12. The van der Waals surface area contributed by atoms with Gasteiger partial charge in [0.1, 0.15) is 0 Å². The van der Waals surface area contributed by atoms with E-state index in [0.29, 0.717) is 5.16 Å². The van der Waals surface area contributed by atoms with E-state index in [-0.39, 0.29) is 11.3 Å². The van der Waals surface area contributed by atoms with Crippen LogP contribution in [0.2, 0.25) is 0 Å². The lowest BCUT2D eigenvalue weighted by Gasteiger charge is -2.06. The molecule has 2 heterocycles.